The van der Waals surface area contributed by atoms with E-state index < -0.39 is 16.5 Å². The topological polar surface area (TPSA) is 92.4 Å². The highest BCUT2D eigenvalue weighted by molar-refractivity contribution is 7.90. The minimum Gasteiger partial charge on any atom is -0.491 e. The molecule has 0 aliphatic carbocycles. The summed E-state index contributed by atoms with van der Waals surface area (Å²) >= 11 is 0. The number of sulfone groups is 1. The molecule has 5 rings (SSSR count). The molecule has 0 saturated heterocycles. The molecule has 0 spiro atoms. The number of halogens is 1. The van der Waals surface area contributed by atoms with Gasteiger partial charge in [-0.05, 0) is 66.1 Å². The number of H-pyrrole nitrogens is 1. The molecule has 3 aromatic carbocycles. The molecule has 7 nitrogen and oxygen atoms in total. The van der Waals surface area contributed by atoms with Crippen molar-refractivity contribution in [2.45, 2.75) is 25.0 Å². The summed E-state index contributed by atoms with van der Waals surface area (Å²) in [7, 11) is -3.35. The predicted octanol–water partition coefficient (Wildman–Crippen LogP) is 4.45. The standard InChI is InChI=1S/C26H24FN3O4S/c1-16-11-20(35(2,32)33)5-6-21(16)26(31)30-9-10-34-24-8-4-17(12-19(24)15-30)18-3-7-22-23(13-18)29-25(14-27)28-22/h3-8,11-13H,9-10,14-15H2,1-2H3,(H,28,29). The second kappa shape index (κ2) is 8.81. The molecule has 1 N–H and O–H groups in total. The quantitative estimate of drug-likeness (QED) is 0.454. The second-order valence-electron chi connectivity index (χ2n) is 8.70. The Morgan fingerprint density at radius 3 is 2.63 bits per heavy atom. The first-order chi connectivity index (χ1) is 16.7. The highest BCUT2D eigenvalue weighted by atomic mass is 32.2. The first kappa shape index (κ1) is 23.0. The lowest BCUT2D eigenvalue weighted by Gasteiger charge is -2.21. The highest BCUT2D eigenvalue weighted by Gasteiger charge is 2.23. The van der Waals surface area contributed by atoms with Gasteiger partial charge in [-0.1, -0.05) is 12.1 Å². The van der Waals surface area contributed by atoms with Crippen LogP contribution in [0.1, 0.15) is 27.3 Å². The van der Waals surface area contributed by atoms with Crippen LogP contribution in [0.3, 0.4) is 0 Å². The summed E-state index contributed by atoms with van der Waals surface area (Å²) in [5, 5.41) is 0. The average Bonchev–Trinajstić information content (AvgIpc) is 3.13. The summed E-state index contributed by atoms with van der Waals surface area (Å²) in [5.41, 5.74) is 5.27. The van der Waals surface area contributed by atoms with Crippen LogP contribution in [-0.4, -0.2) is 48.6 Å². The van der Waals surface area contributed by atoms with Crippen molar-refractivity contribution in [1.29, 1.82) is 0 Å². The predicted molar refractivity (Wildman–Crippen MR) is 131 cm³/mol. The van der Waals surface area contributed by atoms with Gasteiger partial charge >= 0.3 is 0 Å². The van der Waals surface area contributed by atoms with Gasteiger partial charge in [-0.15, -0.1) is 0 Å². The number of aromatic amines is 1. The van der Waals surface area contributed by atoms with Crippen molar-refractivity contribution >= 4 is 26.8 Å². The smallest absolute Gasteiger partial charge is 0.254 e. The third kappa shape index (κ3) is 4.51. The summed E-state index contributed by atoms with van der Waals surface area (Å²) in [6, 6.07) is 16.1. The van der Waals surface area contributed by atoms with Crippen LogP contribution in [0.5, 0.6) is 5.75 Å². The van der Waals surface area contributed by atoms with Gasteiger partial charge in [0.15, 0.2) is 9.84 Å². The van der Waals surface area contributed by atoms with Gasteiger partial charge in [0.1, 0.15) is 24.9 Å². The molecule has 180 valence electrons. The Kier molecular flexibility index (Phi) is 5.80. The van der Waals surface area contributed by atoms with Crippen molar-refractivity contribution in [3.05, 3.63) is 77.1 Å². The monoisotopic (exact) mass is 493 g/mol. The zero-order valence-electron chi connectivity index (χ0n) is 19.3. The Bertz CT molecular complexity index is 1560. The lowest BCUT2D eigenvalue weighted by atomic mass is 10.0. The summed E-state index contributed by atoms with van der Waals surface area (Å²) in [6.45, 7) is 2.20. The fraction of sp³-hybridized carbons (Fsp3) is 0.231. The minimum absolute atomic E-state index is 0.179. The SMILES string of the molecule is Cc1cc(S(C)(=O)=O)ccc1C(=O)N1CCOc2ccc(-c3ccc4nc(CF)[nH]c4c3)cc2C1. The number of carbonyl (C=O) groups is 1. The van der Waals surface area contributed by atoms with E-state index >= 15 is 0 Å². The van der Waals surface area contributed by atoms with Gasteiger partial charge in [-0.2, -0.15) is 0 Å². The Balaban J connectivity index is 1.44. The van der Waals surface area contributed by atoms with Crippen LogP contribution in [0.2, 0.25) is 0 Å². The molecule has 1 aliphatic rings. The Hall–Kier alpha value is -3.72. The molecular formula is C26H24FN3O4S. The van der Waals surface area contributed by atoms with E-state index in [1.165, 1.54) is 12.1 Å². The van der Waals surface area contributed by atoms with E-state index in [1.54, 1.807) is 17.9 Å². The number of amides is 1. The Morgan fingerprint density at radius 1 is 1.11 bits per heavy atom. The number of imidazole rings is 1. The molecule has 2 heterocycles. The molecule has 0 bridgehead atoms. The van der Waals surface area contributed by atoms with Gasteiger partial charge in [0.05, 0.1) is 22.5 Å². The molecule has 0 fully saturated rings. The molecule has 1 aromatic heterocycles. The lowest BCUT2D eigenvalue weighted by molar-refractivity contribution is 0.0732. The van der Waals surface area contributed by atoms with Crippen LogP contribution >= 0.6 is 0 Å². The Morgan fingerprint density at radius 2 is 1.89 bits per heavy atom. The van der Waals surface area contributed by atoms with E-state index in [0.717, 1.165) is 34.2 Å². The molecule has 35 heavy (non-hydrogen) atoms. The number of hydrogen-bond donors (Lipinski definition) is 1. The third-order valence-corrected chi connectivity index (χ3v) is 7.29. The fourth-order valence-corrected chi connectivity index (χ4v) is 5.04. The van der Waals surface area contributed by atoms with Gasteiger partial charge in [-0.25, -0.2) is 17.8 Å². The van der Waals surface area contributed by atoms with Crippen LogP contribution in [0.4, 0.5) is 4.39 Å². The summed E-state index contributed by atoms with van der Waals surface area (Å²) < 4.78 is 42.6. The van der Waals surface area contributed by atoms with Crippen LogP contribution in [0, 0.1) is 6.92 Å². The molecular weight excluding hydrogens is 469 g/mol. The van der Waals surface area contributed by atoms with Gasteiger partial charge in [-0.3, -0.25) is 4.79 Å². The molecule has 4 aromatic rings. The largest absolute Gasteiger partial charge is 0.491 e. The maximum absolute atomic E-state index is 13.4. The van der Waals surface area contributed by atoms with Crippen LogP contribution in [0.25, 0.3) is 22.2 Å². The maximum Gasteiger partial charge on any atom is 0.254 e. The number of hydrogen-bond acceptors (Lipinski definition) is 5. The third-order valence-electron chi connectivity index (χ3n) is 6.17. The fourth-order valence-electron chi connectivity index (χ4n) is 4.33. The number of aromatic nitrogens is 2. The molecule has 0 radical (unpaired) electrons. The zero-order chi connectivity index (χ0) is 24.7. The number of alkyl halides is 1. The van der Waals surface area contributed by atoms with E-state index in [4.69, 9.17) is 4.74 Å². The average molecular weight is 494 g/mol. The van der Waals surface area contributed by atoms with Gasteiger partial charge in [0, 0.05) is 23.9 Å². The number of fused-ring (bicyclic) bond motifs is 2. The number of ether oxygens (including phenoxy) is 1. The number of carbonyl (C=O) groups excluding carboxylic acids is 1. The van der Waals surface area contributed by atoms with Crippen molar-refractivity contribution in [1.82, 2.24) is 14.9 Å². The van der Waals surface area contributed by atoms with Crippen molar-refractivity contribution in [2.75, 3.05) is 19.4 Å². The zero-order valence-corrected chi connectivity index (χ0v) is 20.2. The highest BCUT2D eigenvalue weighted by Crippen LogP contribution is 2.31. The number of nitrogens with one attached hydrogen (secondary N) is 1. The Labute approximate surface area is 202 Å². The molecule has 1 amide bonds. The number of rotatable bonds is 4. The molecule has 1 aliphatic heterocycles. The van der Waals surface area contributed by atoms with E-state index in [-0.39, 0.29) is 10.8 Å². The van der Waals surface area contributed by atoms with Gasteiger partial charge < -0.3 is 14.6 Å². The van der Waals surface area contributed by atoms with E-state index in [2.05, 4.69) is 9.97 Å². The minimum atomic E-state index is -3.35. The van der Waals surface area contributed by atoms with Gasteiger partial charge in [0.2, 0.25) is 0 Å². The van der Waals surface area contributed by atoms with Crippen molar-refractivity contribution in [3.63, 3.8) is 0 Å². The number of benzene rings is 3. The summed E-state index contributed by atoms with van der Waals surface area (Å²) in [5.74, 6) is 0.832. The van der Waals surface area contributed by atoms with Crippen molar-refractivity contribution < 1.29 is 22.3 Å². The van der Waals surface area contributed by atoms with E-state index in [0.29, 0.717) is 42.2 Å². The first-order valence-electron chi connectivity index (χ1n) is 11.1. The number of aryl methyl sites for hydroxylation is 1. The first-order valence-corrected chi connectivity index (χ1v) is 13.0. The maximum atomic E-state index is 13.4. The number of nitrogens with zero attached hydrogens (tertiary/aromatic N) is 2. The van der Waals surface area contributed by atoms with E-state index in [9.17, 15) is 17.6 Å². The van der Waals surface area contributed by atoms with Crippen molar-refractivity contribution in [3.8, 4) is 16.9 Å². The van der Waals surface area contributed by atoms with Crippen LogP contribution in [-0.2, 0) is 23.1 Å². The van der Waals surface area contributed by atoms with Gasteiger partial charge in [0.25, 0.3) is 5.91 Å². The normalized spacial score (nSPS) is 13.9. The lowest BCUT2D eigenvalue weighted by Crippen LogP contribution is -2.33. The van der Waals surface area contributed by atoms with Crippen LogP contribution in [0.15, 0.2) is 59.5 Å². The van der Waals surface area contributed by atoms with Crippen LogP contribution < -0.4 is 4.74 Å². The van der Waals surface area contributed by atoms with E-state index in [1.807, 2.05) is 36.4 Å². The second-order valence-corrected chi connectivity index (χ2v) is 10.7. The summed E-state index contributed by atoms with van der Waals surface area (Å²) in [4.78, 5) is 22.4. The summed E-state index contributed by atoms with van der Waals surface area (Å²) in [6.07, 6.45) is 1.15. The molecule has 0 saturated carbocycles. The molecule has 0 atom stereocenters. The molecule has 0 unspecified atom stereocenters. The molecule has 9 heteroatoms. The van der Waals surface area contributed by atoms with Crippen molar-refractivity contribution in [2.24, 2.45) is 0 Å².